The zero-order valence-corrected chi connectivity index (χ0v) is 15.0. The van der Waals surface area contributed by atoms with Crippen LogP contribution < -0.4 is 5.32 Å². The second kappa shape index (κ2) is 9.33. The molecule has 0 radical (unpaired) electrons. The summed E-state index contributed by atoms with van der Waals surface area (Å²) >= 11 is 1.56. The van der Waals surface area contributed by atoms with Gasteiger partial charge in [-0.25, -0.2) is 4.98 Å². The molecule has 1 amide bonds. The van der Waals surface area contributed by atoms with Gasteiger partial charge in [-0.3, -0.25) is 9.59 Å². The van der Waals surface area contributed by atoms with E-state index in [1.54, 1.807) is 17.5 Å². The highest BCUT2D eigenvalue weighted by Gasteiger charge is 2.18. The average Bonchev–Trinajstić information content (AvgIpc) is 3.09. The van der Waals surface area contributed by atoms with Crippen molar-refractivity contribution < 1.29 is 9.59 Å². The Hall–Kier alpha value is -2.01. The number of aromatic nitrogens is 1. The molecule has 1 atom stereocenters. The molecule has 5 heteroatoms. The average molecular weight is 344 g/mol. The number of nitrogens with one attached hydrogen (secondary N) is 1. The van der Waals surface area contributed by atoms with E-state index in [1.165, 1.54) is 0 Å². The molecule has 1 aromatic heterocycles. The molecule has 2 rings (SSSR count). The van der Waals surface area contributed by atoms with Crippen molar-refractivity contribution in [2.24, 2.45) is 5.92 Å². The number of hydrogen-bond acceptors (Lipinski definition) is 4. The summed E-state index contributed by atoms with van der Waals surface area (Å²) in [6.07, 6.45) is 3.94. The Bertz CT molecular complexity index is 639. The van der Waals surface area contributed by atoms with Gasteiger partial charge >= 0.3 is 0 Å². The van der Waals surface area contributed by atoms with E-state index in [4.69, 9.17) is 0 Å². The van der Waals surface area contributed by atoms with Crippen molar-refractivity contribution in [1.82, 2.24) is 10.3 Å². The molecule has 1 aromatic carbocycles. The highest BCUT2D eigenvalue weighted by atomic mass is 32.1. The first kappa shape index (κ1) is 18.3. The van der Waals surface area contributed by atoms with Gasteiger partial charge in [0.05, 0.1) is 6.04 Å². The second-order valence-corrected chi connectivity index (χ2v) is 7.19. The quantitative estimate of drug-likeness (QED) is 0.686. The van der Waals surface area contributed by atoms with Crippen LogP contribution in [0.5, 0.6) is 0 Å². The molecule has 0 saturated carbocycles. The third kappa shape index (κ3) is 5.89. The Morgan fingerprint density at radius 3 is 2.54 bits per heavy atom. The van der Waals surface area contributed by atoms with E-state index in [1.807, 2.05) is 35.7 Å². The van der Waals surface area contributed by atoms with Crippen LogP contribution in [0.2, 0.25) is 0 Å². The van der Waals surface area contributed by atoms with Crippen LogP contribution in [0.1, 0.15) is 60.9 Å². The van der Waals surface area contributed by atoms with Crippen molar-refractivity contribution in [3.8, 4) is 0 Å². The number of carbonyl (C=O) groups is 2. The van der Waals surface area contributed by atoms with Crippen LogP contribution in [0.15, 0.2) is 41.9 Å². The van der Waals surface area contributed by atoms with Gasteiger partial charge in [0.25, 0.3) is 0 Å². The molecule has 1 N–H and O–H groups in total. The molecule has 1 unspecified atom stereocenters. The maximum absolute atomic E-state index is 12.2. The molecule has 4 nitrogen and oxygen atoms in total. The van der Waals surface area contributed by atoms with Gasteiger partial charge in [-0.15, -0.1) is 11.3 Å². The standard InChI is InChI=1S/C19H24N2O2S/c1-14(2)13-16(19-20-11-12-24-19)21-18(23)10-6-9-17(22)15-7-4-3-5-8-15/h3-5,7-8,11-12,14,16H,6,9-10,13H2,1-2H3,(H,21,23). The highest BCUT2D eigenvalue weighted by molar-refractivity contribution is 7.09. The molecular formula is C19H24N2O2S. The summed E-state index contributed by atoms with van der Waals surface area (Å²) in [5.74, 6) is 0.539. The largest absolute Gasteiger partial charge is 0.347 e. The lowest BCUT2D eigenvalue weighted by molar-refractivity contribution is -0.122. The molecule has 0 bridgehead atoms. The van der Waals surface area contributed by atoms with Gasteiger partial charge in [-0.1, -0.05) is 44.2 Å². The molecule has 0 saturated heterocycles. The molecule has 24 heavy (non-hydrogen) atoms. The third-order valence-electron chi connectivity index (χ3n) is 3.70. The van der Waals surface area contributed by atoms with Crippen LogP contribution in [-0.4, -0.2) is 16.7 Å². The maximum atomic E-state index is 12.2. The Morgan fingerprint density at radius 1 is 1.17 bits per heavy atom. The number of Topliss-reactive ketones (excluding diaryl/α,β-unsaturated/α-hetero) is 1. The van der Waals surface area contributed by atoms with Gasteiger partial charge in [0.1, 0.15) is 5.01 Å². The molecule has 0 fully saturated rings. The van der Waals surface area contributed by atoms with Crippen molar-refractivity contribution in [2.45, 2.75) is 45.6 Å². The number of amides is 1. The van der Waals surface area contributed by atoms with Gasteiger partial charge in [0, 0.05) is 30.0 Å². The van der Waals surface area contributed by atoms with Gasteiger partial charge in [-0.2, -0.15) is 0 Å². The minimum Gasteiger partial charge on any atom is -0.347 e. The summed E-state index contributed by atoms with van der Waals surface area (Å²) < 4.78 is 0. The lowest BCUT2D eigenvalue weighted by atomic mass is 10.0. The number of ketones is 1. The Morgan fingerprint density at radius 2 is 1.92 bits per heavy atom. The van der Waals surface area contributed by atoms with E-state index >= 15 is 0 Å². The molecule has 128 valence electrons. The SMILES string of the molecule is CC(C)CC(NC(=O)CCCC(=O)c1ccccc1)c1nccs1. The number of carbonyl (C=O) groups excluding carboxylic acids is 2. The first-order valence-corrected chi connectivity index (χ1v) is 9.21. The second-order valence-electron chi connectivity index (χ2n) is 6.26. The maximum Gasteiger partial charge on any atom is 0.220 e. The predicted octanol–water partition coefficient (Wildman–Crippen LogP) is 4.40. The number of benzene rings is 1. The van der Waals surface area contributed by atoms with Gasteiger partial charge in [0.15, 0.2) is 5.78 Å². The molecule has 2 aromatic rings. The fourth-order valence-electron chi connectivity index (χ4n) is 2.54. The summed E-state index contributed by atoms with van der Waals surface area (Å²) in [5.41, 5.74) is 0.707. The van der Waals surface area contributed by atoms with Gasteiger partial charge < -0.3 is 5.32 Å². The van der Waals surface area contributed by atoms with Crippen molar-refractivity contribution in [3.05, 3.63) is 52.5 Å². The fourth-order valence-corrected chi connectivity index (χ4v) is 3.25. The first-order chi connectivity index (χ1) is 11.6. The Balaban J connectivity index is 1.80. The molecular weight excluding hydrogens is 320 g/mol. The van der Waals surface area contributed by atoms with Gasteiger partial charge in [-0.05, 0) is 18.8 Å². The van der Waals surface area contributed by atoms with E-state index in [9.17, 15) is 9.59 Å². The third-order valence-corrected chi connectivity index (χ3v) is 4.58. The Labute approximate surface area is 147 Å². The summed E-state index contributed by atoms with van der Waals surface area (Å²) in [7, 11) is 0. The van der Waals surface area contributed by atoms with Crippen LogP contribution in [-0.2, 0) is 4.79 Å². The molecule has 0 aliphatic carbocycles. The van der Waals surface area contributed by atoms with Crippen LogP contribution in [0.3, 0.4) is 0 Å². The number of hydrogen-bond donors (Lipinski definition) is 1. The van der Waals surface area contributed by atoms with E-state index in [-0.39, 0.29) is 17.7 Å². The van der Waals surface area contributed by atoms with Crippen molar-refractivity contribution in [3.63, 3.8) is 0 Å². The van der Waals surface area contributed by atoms with Crippen LogP contribution in [0.4, 0.5) is 0 Å². The topological polar surface area (TPSA) is 59.1 Å². The number of nitrogens with zero attached hydrogens (tertiary/aromatic N) is 1. The summed E-state index contributed by atoms with van der Waals surface area (Å²) in [6, 6.07) is 9.17. The van der Waals surface area contributed by atoms with Crippen molar-refractivity contribution in [2.75, 3.05) is 0 Å². The van der Waals surface area contributed by atoms with Gasteiger partial charge in [0.2, 0.25) is 5.91 Å². The van der Waals surface area contributed by atoms with E-state index in [0.717, 1.165) is 11.4 Å². The van der Waals surface area contributed by atoms with Crippen molar-refractivity contribution >= 4 is 23.0 Å². The zero-order valence-electron chi connectivity index (χ0n) is 14.2. The van der Waals surface area contributed by atoms with E-state index in [0.29, 0.717) is 30.7 Å². The summed E-state index contributed by atoms with van der Waals surface area (Å²) in [4.78, 5) is 28.6. The van der Waals surface area contributed by atoms with E-state index < -0.39 is 0 Å². The smallest absolute Gasteiger partial charge is 0.220 e. The molecule has 0 spiro atoms. The molecule has 1 heterocycles. The molecule has 0 aliphatic rings. The number of rotatable bonds is 9. The number of thiazole rings is 1. The highest BCUT2D eigenvalue weighted by Crippen LogP contribution is 2.23. The summed E-state index contributed by atoms with van der Waals surface area (Å²) in [6.45, 7) is 4.26. The first-order valence-electron chi connectivity index (χ1n) is 8.33. The fraction of sp³-hybridized carbons (Fsp3) is 0.421. The minimum atomic E-state index is -0.0395. The summed E-state index contributed by atoms with van der Waals surface area (Å²) in [5, 5.41) is 5.93. The van der Waals surface area contributed by atoms with Crippen LogP contribution >= 0.6 is 11.3 Å². The minimum absolute atomic E-state index is 0.0169. The molecule has 0 aliphatic heterocycles. The monoisotopic (exact) mass is 344 g/mol. The van der Waals surface area contributed by atoms with Crippen LogP contribution in [0, 0.1) is 5.92 Å². The zero-order chi connectivity index (χ0) is 17.4. The van der Waals surface area contributed by atoms with Crippen molar-refractivity contribution in [1.29, 1.82) is 0 Å². The Kier molecular flexibility index (Phi) is 7.12. The lowest BCUT2D eigenvalue weighted by Gasteiger charge is -2.18. The normalized spacial score (nSPS) is 12.1. The lowest BCUT2D eigenvalue weighted by Crippen LogP contribution is -2.29. The van der Waals surface area contributed by atoms with E-state index in [2.05, 4.69) is 24.1 Å². The predicted molar refractivity (Wildman–Crippen MR) is 97.1 cm³/mol. The van der Waals surface area contributed by atoms with Crippen LogP contribution in [0.25, 0.3) is 0 Å².